The number of carbonyl (C=O) groups is 1. The van der Waals surface area contributed by atoms with Crippen molar-refractivity contribution in [2.75, 3.05) is 32.7 Å². The summed E-state index contributed by atoms with van der Waals surface area (Å²) >= 11 is 6.63. The summed E-state index contributed by atoms with van der Waals surface area (Å²) in [6.07, 6.45) is 14.5. The second-order valence-electron chi connectivity index (χ2n) is 12.1. The van der Waals surface area contributed by atoms with Crippen molar-refractivity contribution in [2.24, 2.45) is 17.8 Å². The highest BCUT2D eigenvalue weighted by molar-refractivity contribution is 6.33. The van der Waals surface area contributed by atoms with Gasteiger partial charge in [0, 0.05) is 37.6 Å². The van der Waals surface area contributed by atoms with Gasteiger partial charge in [-0.25, -0.2) is 0 Å². The van der Waals surface area contributed by atoms with Crippen LogP contribution < -0.4 is 5.32 Å². The molecule has 1 amide bonds. The van der Waals surface area contributed by atoms with Crippen LogP contribution in [0.25, 0.3) is 0 Å². The predicted octanol–water partition coefficient (Wildman–Crippen LogP) is 6.97. The molecule has 4 nitrogen and oxygen atoms in total. The summed E-state index contributed by atoms with van der Waals surface area (Å²) in [5.41, 5.74) is 2.03. The van der Waals surface area contributed by atoms with Gasteiger partial charge in [-0.3, -0.25) is 14.6 Å². The minimum Gasteiger partial charge on any atom is -0.352 e. The van der Waals surface area contributed by atoms with Gasteiger partial charge in [0.1, 0.15) is 0 Å². The molecule has 4 heterocycles. The van der Waals surface area contributed by atoms with E-state index in [1.165, 1.54) is 102 Å². The fourth-order valence-electron chi connectivity index (χ4n) is 8.14. The van der Waals surface area contributed by atoms with Crippen LogP contribution in [0.1, 0.15) is 107 Å². The van der Waals surface area contributed by atoms with Gasteiger partial charge in [-0.05, 0) is 87.1 Å². The molecule has 36 heavy (non-hydrogen) atoms. The molecular formula is C31H50ClN3O. The van der Waals surface area contributed by atoms with Gasteiger partial charge in [-0.15, -0.1) is 0 Å². The van der Waals surface area contributed by atoms with Crippen molar-refractivity contribution in [1.82, 2.24) is 15.1 Å². The van der Waals surface area contributed by atoms with Crippen LogP contribution in [0.3, 0.4) is 0 Å². The molecule has 4 aliphatic heterocycles. The number of carbonyl (C=O) groups excluding carboxylic acids is 1. The Bertz CT molecular complexity index is 855. The Kier molecular flexibility index (Phi) is 9.44. The van der Waals surface area contributed by atoms with E-state index < -0.39 is 0 Å². The minimum absolute atomic E-state index is 0. The van der Waals surface area contributed by atoms with Crippen molar-refractivity contribution in [3.63, 3.8) is 0 Å². The Hall–Kier alpha value is -1.10. The number of hydrogen-bond acceptors (Lipinski definition) is 3. The third-order valence-electron chi connectivity index (χ3n) is 9.95. The van der Waals surface area contributed by atoms with E-state index in [4.69, 9.17) is 11.6 Å². The molecule has 5 heteroatoms. The molecule has 6 unspecified atom stereocenters. The summed E-state index contributed by atoms with van der Waals surface area (Å²) in [7, 11) is 0. The van der Waals surface area contributed by atoms with E-state index in [2.05, 4.69) is 27.2 Å². The quantitative estimate of drug-likeness (QED) is 0.444. The van der Waals surface area contributed by atoms with E-state index >= 15 is 0 Å². The lowest BCUT2D eigenvalue weighted by molar-refractivity contribution is 0.0944. The zero-order valence-electron chi connectivity index (χ0n) is 20.7. The monoisotopic (exact) mass is 515 g/mol. The van der Waals surface area contributed by atoms with E-state index in [0.29, 0.717) is 34.5 Å². The molecule has 5 aliphatic rings. The van der Waals surface area contributed by atoms with E-state index in [0.717, 1.165) is 18.4 Å². The summed E-state index contributed by atoms with van der Waals surface area (Å²) < 4.78 is 0. The predicted molar refractivity (Wildman–Crippen MR) is 152 cm³/mol. The number of amides is 1. The highest BCUT2D eigenvalue weighted by Gasteiger charge is 2.49. The van der Waals surface area contributed by atoms with Crippen molar-refractivity contribution < 1.29 is 4.79 Å². The normalized spacial score (nSPS) is 34.4. The number of nitrogens with zero attached hydrogens (tertiary/aromatic N) is 2. The molecule has 1 N–H and O–H groups in total. The average Bonchev–Trinajstić information content (AvgIpc) is 3.62. The number of rotatable bonds is 6. The smallest absolute Gasteiger partial charge is 0.252 e. The van der Waals surface area contributed by atoms with E-state index in [1.807, 2.05) is 6.07 Å². The van der Waals surface area contributed by atoms with Crippen LogP contribution in [-0.4, -0.2) is 60.5 Å². The van der Waals surface area contributed by atoms with Crippen LogP contribution in [0, 0.1) is 17.8 Å². The summed E-state index contributed by atoms with van der Waals surface area (Å²) in [6, 6.07) is 7.64. The maximum absolute atomic E-state index is 13.3. The molecule has 0 aromatic heterocycles. The summed E-state index contributed by atoms with van der Waals surface area (Å²) in [5.74, 6) is 2.88. The van der Waals surface area contributed by atoms with Gasteiger partial charge in [-0.2, -0.15) is 0 Å². The van der Waals surface area contributed by atoms with Crippen LogP contribution in [0.5, 0.6) is 0 Å². The minimum atomic E-state index is 0. The molecule has 1 aromatic rings. The van der Waals surface area contributed by atoms with E-state index in [9.17, 15) is 4.79 Å². The largest absolute Gasteiger partial charge is 0.352 e. The standard InChI is InChI=1S/C29H42ClN3O.2CH4/c30-25-9-8-23(16-24(25)29(34)31-17-20-6-4-2-1-3-5-7-20)28(26-14-21-10-12-32(26)18-21)27-15-22-11-13-33(27)19-22;;/h8-9,16,20-22,26-28H,1-7,10-15,17-19H2,(H,31,34);2*1H4. The Balaban J connectivity index is 0.00000152. The van der Waals surface area contributed by atoms with Gasteiger partial charge < -0.3 is 5.32 Å². The maximum Gasteiger partial charge on any atom is 0.252 e. The molecule has 4 bridgehead atoms. The zero-order valence-corrected chi connectivity index (χ0v) is 21.4. The van der Waals surface area contributed by atoms with Gasteiger partial charge in [0.15, 0.2) is 0 Å². The lowest BCUT2D eigenvalue weighted by Gasteiger charge is -2.41. The Morgan fingerprint density at radius 2 is 1.47 bits per heavy atom. The molecule has 1 aliphatic carbocycles. The van der Waals surface area contributed by atoms with E-state index in [-0.39, 0.29) is 20.8 Å². The molecule has 6 rings (SSSR count). The molecule has 0 radical (unpaired) electrons. The van der Waals surface area contributed by atoms with Crippen LogP contribution in [0.15, 0.2) is 18.2 Å². The number of benzene rings is 1. The second kappa shape index (κ2) is 12.2. The zero-order chi connectivity index (χ0) is 23.1. The molecule has 5 fully saturated rings. The van der Waals surface area contributed by atoms with Crippen molar-refractivity contribution >= 4 is 17.5 Å². The number of nitrogens with one attached hydrogen (secondary N) is 1. The first-order valence-electron chi connectivity index (χ1n) is 14.2. The van der Waals surface area contributed by atoms with Crippen LogP contribution in [0.2, 0.25) is 5.02 Å². The molecule has 4 saturated heterocycles. The SMILES string of the molecule is C.C.O=C(NCC1CCCCCCC1)c1cc(C(C2CC3CCN2C3)C2CC3CCN2C3)ccc1Cl. The van der Waals surface area contributed by atoms with Crippen molar-refractivity contribution in [3.8, 4) is 0 Å². The van der Waals surface area contributed by atoms with Crippen molar-refractivity contribution in [3.05, 3.63) is 34.3 Å². The first-order valence-corrected chi connectivity index (χ1v) is 14.6. The first-order chi connectivity index (χ1) is 16.7. The van der Waals surface area contributed by atoms with Crippen molar-refractivity contribution in [1.29, 1.82) is 0 Å². The molecule has 1 aromatic carbocycles. The third kappa shape index (κ3) is 5.66. The highest BCUT2D eigenvalue weighted by atomic mass is 35.5. The fourth-order valence-corrected chi connectivity index (χ4v) is 8.35. The number of piperidine rings is 2. The molecule has 6 atom stereocenters. The molecule has 202 valence electrons. The first kappa shape index (κ1) is 27.9. The molecule has 0 spiro atoms. The summed E-state index contributed by atoms with van der Waals surface area (Å²) in [5, 5.41) is 3.87. The van der Waals surface area contributed by atoms with E-state index in [1.54, 1.807) is 0 Å². The topological polar surface area (TPSA) is 35.6 Å². The fraction of sp³-hybridized carbons (Fsp3) is 0.774. The third-order valence-corrected chi connectivity index (χ3v) is 10.3. The summed E-state index contributed by atoms with van der Waals surface area (Å²) in [4.78, 5) is 18.8. The average molecular weight is 516 g/mol. The Morgan fingerprint density at radius 1 is 0.889 bits per heavy atom. The van der Waals surface area contributed by atoms with Gasteiger partial charge in [-0.1, -0.05) is 64.6 Å². The second-order valence-corrected chi connectivity index (χ2v) is 12.5. The van der Waals surface area contributed by atoms with Gasteiger partial charge in [0.25, 0.3) is 5.91 Å². The van der Waals surface area contributed by atoms with Gasteiger partial charge in [0.2, 0.25) is 0 Å². The lowest BCUT2D eigenvalue weighted by Crippen LogP contribution is -2.45. The Morgan fingerprint density at radius 3 is 2.00 bits per heavy atom. The van der Waals surface area contributed by atoms with Crippen LogP contribution in [0.4, 0.5) is 0 Å². The number of fused-ring (bicyclic) bond motifs is 4. The maximum atomic E-state index is 13.3. The lowest BCUT2D eigenvalue weighted by atomic mass is 9.78. The highest BCUT2D eigenvalue weighted by Crippen LogP contribution is 2.47. The number of hydrogen-bond donors (Lipinski definition) is 1. The van der Waals surface area contributed by atoms with Crippen LogP contribution >= 0.6 is 11.6 Å². The molecule has 1 saturated carbocycles. The van der Waals surface area contributed by atoms with Gasteiger partial charge >= 0.3 is 0 Å². The summed E-state index contributed by atoms with van der Waals surface area (Å²) in [6.45, 7) is 5.85. The van der Waals surface area contributed by atoms with Crippen LogP contribution in [-0.2, 0) is 0 Å². The van der Waals surface area contributed by atoms with Gasteiger partial charge in [0.05, 0.1) is 10.6 Å². The van der Waals surface area contributed by atoms with Crippen molar-refractivity contribution in [2.45, 2.75) is 103 Å². The molecular weight excluding hydrogens is 466 g/mol. The number of halogens is 1. The Labute approximate surface area is 225 Å².